The molecule has 0 aromatic heterocycles. The van der Waals surface area contributed by atoms with E-state index >= 15 is 0 Å². The summed E-state index contributed by atoms with van der Waals surface area (Å²) >= 11 is 0. The molecular formula is C16H24N2O4. The number of amides is 2. The normalized spacial score (nSPS) is 13.2. The lowest BCUT2D eigenvalue weighted by Gasteiger charge is -2.26. The van der Waals surface area contributed by atoms with Crippen LogP contribution in [0.25, 0.3) is 0 Å². The van der Waals surface area contributed by atoms with Crippen molar-refractivity contribution in [1.82, 2.24) is 10.6 Å². The first-order chi connectivity index (χ1) is 10.6. The summed E-state index contributed by atoms with van der Waals surface area (Å²) in [5, 5.41) is 5.66. The Morgan fingerprint density at radius 3 is 2.23 bits per heavy atom. The highest BCUT2D eigenvalue weighted by molar-refractivity contribution is 5.78. The third kappa shape index (κ3) is 6.24. The van der Waals surface area contributed by atoms with Crippen molar-refractivity contribution in [3.05, 3.63) is 35.9 Å². The number of ether oxygens (including phenoxy) is 2. The van der Waals surface area contributed by atoms with Crippen LogP contribution >= 0.6 is 0 Å². The van der Waals surface area contributed by atoms with E-state index in [0.29, 0.717) is 6.54 Å². The molecule has 2 unspecified atom stereocenters. The summed E-state index contributed by atoms with van der Waals surface area (Å²) in [5.74, 6) is -0.380. The van der Waals surface area contributed by atoms with Gasteiger partial charge in [-0.2, -0.15) is 0 Å². The summed E-state index contributed by atoms with van der Waals surface area (Å²) in [6.07, 6.45) is 0. The molecule has 0 spiro atoms. The topological polar surface area (TPSA) is 76.7 Å². The standard InChI is InChI=1S/C16H24N2O4/c1-12(13-7-5-4-6-8-13)14(18-16(20)11-22-3)9-17-15(19)10-21-2/h4-8,12,14H,9-11H2,1-3H3,(H,17,19)(H,18,20). The van der Waals surface area contributed by atoms with Gasteiger partial charge in [0.2, 0.25) is 11.8 Å². The molecule has 0 aliphatic carbocycles. The van der Waals surface area contributed by atoms with Crippen LogP contribution in [-0.4, -0.2) is 51.8 Å². The van der Waals surface area contributed by atoms with Crippen molar-refractivity contribution < 1.29 is 19.1 Å². The Morgan fingerprint density at radius 1 is 1.05 bits per heavy atom. The van der Waals surface area contributed by atoms with Crippen molar-refractivity contribution in [3.8, 4) is 0 Å². The van der Waals surface area contributed by atoms with Crippen molar-refractivity contribution in [2.24, 2.45) is 0 Å². The van der Waals surface area contributed by atoms with Gasteiger partial charge in [-0.3, -0.25) is 9.59 Å². The second kappa shape index (κ2) is 9.92. The van der Waals surface area contributed by atoms with Gasteiger partial charge >= 0.3 is 0 Å². The van der Waals surface area contributed by atoms with E-state index in [2.05, 4.69) is 10.6 Å². The van der Waals surface area contributed by atoms with E-state index in [4.69, 9.17) is 9.47 Å². The Balaban J connectivity index is 2.72. The molecule has 0 saturated carbocycles. The second-order valence-electron chi connectivity index (χ2n) is 5.04. The molecule has 6 nitrogen and oxygen atoms in total. The van der Waals surface area contributed by atoms with Crippen LogP contribution in [0.3, 0.4) is 0 Å². The number of nitrogens with one attached hydrogen (secondary N) is 2. The molecule has 0 aliphatic heterocycles. The average Bonchev–Trinajstić information content (AvgIpc) is 2.52. The molecular weight excluding hydrogens is 284 g/mol. The van der Waals surface area contributed by atoms with Crippen LogP contribution in [0.15, 0.2) is 30.3 Å². The highest BCUT2D eigenvalue weighted by atomic mass is 16.5. The predicted molar refractivity (Wildman–Crippen MR) is 83.5 cm³/mol. The largest absolute Gasteiger partial charge is 0.375 e. The zero-order valence-corrected chi connectivity index (χ0v) is 13.3. The van der Waals surface area contributed by atoms with Gasteiger partial charge in [0.15, 0.2) is 0 Å². The molecule has 0 bridgehead atoms. The lowest BCUT2D eigenvalue weighted by atomic mass is 9.93. The van der Waals surface area contributed by atoms with Gasteiger partial charge < -0.3 is 20.1 Å². The van der Waals surface area contributed by atoms with E-state index in [1.807, 2.05) is 37.3 Å². The number of rotatable bonds is 9. The van der Waals surface area contributed by atoms with Crippen molar-refractivity contribution in [2.75, 3.05) is 34.0 Å². The first-order valence-corrected chi connectivity index (χ1v) is 7.17. The molecule has 0 saturated heterocycles. The highest BCUT2D eigenvalue weighted by Crippen LogP contribution is 2.18. The van der Waals surface area contributed by atoms with E-state index in [0.717, 1.165) is 5.56 Å². The molecule has 2 atom stereocenters. The summed E-state index contributed by atoms with van der Waals surface area (Å²) in [4.78, 5) is 23.3. The minimum atomic E-state index is -0.231. The molecule has 2 amide bonds. The smallest absolute Gasteiger partial charge is 0.246 e. The van der Waals surface area contributed by atoms with Gasteiger partial charge in [0.1, 0.15) is 13.2 Å². The fraction of sp³-hybridized carbons (Fsp3) is 0.500. The second-order valence-corrected chi connectivity index (χ2v) is 5.04. The van der Waals surface area contributed by atoms with E-state index in [1.165, 1.54) is 14.2 Å². The monoisotopic (exact) mass is 308 g/mol. The van der Waals surface area contributed by atoms with Crippen LogP contribution < -0.4 is 10.6 Å². The Morgan fingerprint density at radius 2 is 1.64 bits per heavy atom. The molecule has 22 heavy (non-hydrogen) atoms. The fourth-order valence-electron chi connectivity index (χ4n) is 2.13. The number of benzene rings is 1. The zero-order chi connectivity index (χ0) is 16.4. The number of carbonyl (C=O) groups excluding carboxylic acids is 2. The Kier molecular flexibility index (Phi) is 8.17. The molecule has 122 valence electrons. The van der Waals surface area contributed by atoms with Gasteiger partial charge in [-0.15, -0.1) is 0 Å². The Hall–Kier alpha value is -1.92. The SMILES string of the molecule is COCC(=O)NCC(NC(=O)COC)C(C)c1ccccc1. The minimum absolute atomic E-state index is 0.00153. The zero-order valence-electron chi connectivity index (χ0n) is 13.3. The van der Waals surface area contributed by atoms with Crippen molar-refractivity contribution >= 4 is 11.8 Å². The van der Waals surface area contributed by atoms with Crippen LogP contribution in [0.1, 0.15) is 18.4 Å². The number of methoxy groups -OCH3 is 2. The van der Waals surface area contributed by atoms with E-state index in [9.17, 15) is 9.59 Å². The van der Waals surface area contributed by atoms with Crippen LogP contribution in [-0.2, 0) is 19.1 Å². The lowest BCUT2D eigenvalue weighted by Crippen LogP contribution is -2.48. The van der Waals surface area contributed by atoms with Gasteiger partial charge in [0.05, 0.1) is 6.04 Å². The van der Waals surface area contributed by atoms with E-state index in [1.54, 1.807) is 0 Å². The fourth-order valence-corrected chi connectivity index (χ4v) is 2.13. The van der Waals surface area contributed by atoms with Crippen LogP contribution in [0.5, 0.6) is 0 Å². The van der Waals surface area contributed by atoms with Crippen molar-refractivity contribution in [3.63, 3.8) is 0 Å². The van der Waals surface area contributed by atoms with Crippen molar-refractivity contribution in [2.45, 2.75) is 18.9 Å². The minimum Gasteiger partial charge on any atom is -0.375 e. The van der Waals surface area contributed by atoms with Crippen molar-refractivity contribution in [1.29, 1.82) is 0 Å². The maximum absolute atomic E-state index is 11.8. The summed E-state index contributed by atoms with van der Waals surface area (Å²) in [7, 11) is 2.93. The van der Waals surface area contributed by atoms with Gasteiger partial charge in [0, 0.05) is 26.7 Å². The van der Waals surface area contributed by atoms with Crippen LogP contribution in [0.4, 0.5) is 0 Å². The van der Waals surface area contributed by atoms with Gasteiger partial charge in [-0.05, 0) is 5.56 Å². The Bertz CT molecular complexity index is 464. The van der Waals surface area contributed by atoms with E-state index < -0.39 is 0 Å². The molecule has 1 aromatic carbocycles. The number of hydrogen-bond donors (Lipinski definition) is 2. The molecule has 0 aliphatic rings. The maximum atomic E-state index is 11.8. The van der Waals surface area contributed by atoms with Gasteiger partial charge in [0.25, 0.3) is 0 Å². The summed E-state index contributed by atoms with van der Waals surface area (Å²) in [6, 6.07) is 9.60. The number of hydrogen-bond acceptors (Lipinski definition) is 4. The predicted octanol–water partition coefficient (Wildman–Crippen LogP) is 0.684. The van der Waals surface area contributed by atoms with Crippen LogP contribution in [0, 0.1) is 0 Å². The maximum Gasteiger partial charge on any atom is 0.246 e. The third-order valence-electron chi connectivity index (χ3n) is 3.35. The lowest BCUT2D eigenvalue weighted by molar-refractivity contribution is -0.127. The summed E-state index contributed by atoms with van der Waals surface area (Å²) < 4.78 is 9.62. The molecule has 2 N–H and O–H groups in total. The molecule has 0 radical (unpaired) electrons. The molecule has 6 heteroatoms. The van der Waals surface area contributed by atoms with E-state index in [-0.39, 0.29) is 37.0 Å². The summed E-state index contributed by atoms with van der Waals surface area (Å²) in [5.41, 5.74) is 1.09. The van der Waals surface area contributed by atoms with Gasteiger partial charge in [-0.25, -0.2) is 0 Å². The first-order valence-electron chi connectivity index (χ1n) is 7.17. The molecule has 1 aromatic rings. The molecule has 0 fully saturated rings. The molecule has 0 heterocycles. The first kappa shape index (κ1) is 18.1. The van der Waals surface area contributed by atoms with Crippen LogP contribution in [0.2, 0.25) is 0 Å². The quantitative estimate of drug-likeness (QED) is 0.703. The third-order valence-corrected chi connectivity index (χ3v) is 3.35. The Labute approximate surface area is 131 Å². The molecule has 1 rings (SSSR count). The number of carbonyl (C=O) groups is 2. The highest BCUT2D eigenvalue weighted by Gasteiger charge is 2.21. The van der Waals surface area contributed by atoms with Gasteiger partial charge in [-0.1, -0.05) is 37.3 Å². The summed E-state index contributed by atoms with van der Waals surface area (Å²) in [6.45, 7) is 2.33. The average molecular weight is 308 g/mol.